The predicted molar refractivity (Wildman–Crippen MR) is 309 cm³/mol. The van der Waals surface area contributed by atoms with Gasteiger partial charge < -0.3 is 29.2 Å². The highest BCUT2D eigenvalue weighted by atomic mass is 16.5. The third kappa shape index (κ3) is 8.72. The maximum atomic E-state index is 13.1. The summed E-state index contributed by atoms with van der Waals surface area (Å²) >= 11 is 0. The molecule has 0 amide bonds. The van der Waals surface area contributed by atoms with Crippen molar-refractivity contribution < 1.29 is 38.1 Å². The number of H-pyrrole nitrogens is 1. The number of nitrogens with one attached hydrogen (secondary N) is 2. The number of hydrogen-bond donors (Lipinski definition) is 2. The summed E-state index contributed by atoms with van der Waals surface area (Å²) in [5, 5.41) is 4.33. The lowest BCUT2D eigenvalue weighted by molar-refractivity contribution is 0.0592. The lowest BCUT2D eigenvalue weighted by Gasteiger charge is -2.30. The molecule has 8 aliphatic rings. The van der Waals surface area contributed by atoms with Crippen LogP contribution in [0.25, 0.3) is 22.3 Å². The van der Waals surface area contributed by atoms with Crippen LogP contribution >= 0.6 is 0 Å². The average molecular weight is 1070 g/mol. The highest BCUT2D eigenvalue weighted by molar-refractivity contribution is 6.29. The number of esters is 4. The van der Waals surface area contributed by atoms with Gasteiger partial charge in [-0.3, -0.25) is 9.98 Å². The molecular formula is C68H68N4O8. The standard InChI is InChI=1S/C68H68N4O8/c1-77-65(73)41-29-21-37(22-30-41)53-57-45-13-5-7-15-47(45)59(69-57)54(38-23-31-42(32-24-38)66(74)78-2)61-49-17-9-11-19-51(49)63(71-61)56(40-27-35-44(36-28-40)68(76)80-4)64-52-20-12-10-18-50(52)62(72-64)55(39-25-33-43(34-26-39)67(75)79-3)60-48-16-8-6-14-46(48)58(53)70-60/h21-36,45-49,51,69,72H,5-20H2,1-4H3. The van der Waals surface area contributed by atoms with Gasteiger partial charge in [0.05, 0.1) is 84.9 Å². The molecule has 4 fully saturated rings. The number of hydrogen-bond acceptors (Lipinski definition) is 11. The van der Waals surface area contributed by atoms with Crippen molar-refractivity contribution >= 4 is 57.6 Å². The van der Waals surface area contributed by atoms with Crippen LogP contribution in [0.3, 0.4) is 0 Å². The number of methoxy groups -OCH3 is 4. The van der Waals surface area contributed by atoms with Gasteiger partial charge in [-0.25, -0.2) is 19.2 Å². The summed E-state index contributed by atoms with van der Waals surface area (Å²) in [7, 11) is 5.68. The number of allylic oxidation sites excluding steroid dienone is 6. The lowest BCUT2D eigenvalue weighted by atomic mass is 9.71. The Morgan fingerprint density at radius 2 is 0.662 bits per heavy atom. The van der Waals surface area contributed by atoms with Crippen molar-refractivity contribution in [3.63, 3.8) is 0 Å². The first-order valence-electron chi connectivity index (χ1n) is 29.1. The summed E-state index contributed by atoms with van der Waals surface area (Å²) in [5.74, 6) is -0.877. The largest absolute Gasteiger partial charge is 0.465 e. The van der Waals surface area contributed by atoms with E-state index in [2.05, 4.69) is 58.8 Å². The van der Waals surface area contributed by atoms with Crippen molar-refractivity contribution in [2.24, 2.45) is 45.5 Å². The van der Waals surface area contributed by atoms with Crippen molar-refractivity contribution in [2.75, 3.05) is 28.4 Å². The van der Waals surface area contributed by atoms with Crippen LogP contribution in [0.5, 0.6) is 0 Å². The number of rotatable bonds is 8. The summed E-state index contributed by atoms with van der Waals surface area (Å²) in [6, 6.07) is 31.8. The van der Waals surface area contributed by atoms with E-state index in [1.165, 1.54) is 51.0 Å². The number of ether oxygens (including phenoxy) is 4. The molecule has 0 radical (unpaired) electrons. The second kappa shape index (κ2) is 21.3. The maximum absolute atomic E-state index is 13.1. The first kappa shape index (κ1) is 51.6. The van der Waals surface area contributed by atoms with Gasteiger partial charge in [0.15, 0.2) is 0 Å². The Labute approximate surface area is 467 Å². The van der Waals surface area contributed by atoms with Crippen LogP contribution < -0.4 is 5.32 Å². The number of carbonyl (C=O) groups excluding carboxylic acids is 4. The zero-order valence-electron chi connectivity index (χ0n) is 46.2. The van der Waals surface area contributed by atoms with Gasteiger partial charge in [0.25, 0.3) is 0 Å². The van der Waals surface area contributed by atoms with E-state index < -0.39 is 0 Å². The van der Waals surface area contributed by atoms with Crippen LogP contribution in [0.1, 0.15) is 176 Å². The van der Waals surface area contributed by atoms with Crippen molar-refractivity contribution in [2.45, 2.75) is 103 Å². The van der Waals surface area contributed by atoms with Gasteiger partial charge in [0.2, 0.25) is 0 Å². The SMILES string of the molecule is COC(=O)c1ccc(C2=C3NC(=C(c4ccc(C(=O)OC)cc4)C4=NC(=C(c5ccc(C(=O)OC)cc5)c5[nH]c(c6c5CCCC6)C(c5ccc(C(=O)OC)cc5)=C5N=C2C2CCCCC52)C2CCCCC42)C2CCCCC32)cc1. The predicted octanol–water partition coefficient (Wildman–Crippen LogP) is 13.3. The molecule has 13 rings (SSSR count). The number of benzene rings is 4. The zero-order chi connectivity index (χ0) is 54.8. The van der Waals surface area contributed by atoms with Gasteiger partial charge in [0, 0.05) is 69.2 Å². The molecule has 4 aromatic carbocycles. The third-order valence-corrected chi connectivity index (χ3v) is 19.0. The molecule has 5 aromatic rings. The number of nitrogens with zero attached hydrogens (tertiary/aromatic N) is 2. The molecule has 12 nitrogen and oxygen atoms in total. The van der Waals surface area contributed by atoms with Gasteiger partial charge in [0.1, 0.15) is 0 Å². The fourth-order valence-electron chi connectivity index (χ4n) is 15.2. The Morgan fingerprint density at radius 3 is 0.975 bits per heavy atom. The van der Waals surface area contributed by atoms with E-state index in [4.69, 9.17) is 28.9 Å². The quantitative estimate of drug-likeness (QED) is 0.114. The zero-order valence-corrected chi connectivity index (χ0v) is 46.2. The van der Waals surface area contributed by atoms with E-state index in [0.29, 0.717) is 22.3 Å². The summed E-state index contributed by atoms with van der Waals surface area (Å²) in [5.41, 5.74) is 21.5. The molecule has 6 unspecified atom stereocenters. The van der Waals surface area contributed by atoms with Gasteiger partial charge in [-0.1, -0.05) is 87.1 Å². The van der Waals surface area contributed by atoms with Gasteiger partial charge in [-0.05, 0) is 146 Å². The number of aromatic amines is 1. The van der Waals surface area contributed by atoms with Crippen molar-refractivity contribution in [3.05, 3.63) is 187 Å². The van der Waals surface area contributed by atoms with Gasteiger partial charge >= 0.3 is 23.9 Å². The lowest BCUT2D eigenvalue weighted by Crippen LogP contribution is -2.26. The fourth-order valence-corrected chi connectivity index (χ4v) is 15.2. The molecule has 3 saturated carbocycles. The fraction of sp³-hybridized carbons (Fsp3) is 0.382. The second-order valence-electron chi connectivity index (χ2n) is 23.0. The van der Waals surface area contributed by atoms with Crippen LogP contribution in [0.4, 0.5) is 0 Å². The Morgan fingerprint density at radius 1 is 0.375 bits per heavy atom. The summed E-state index contributed by atoms with van der Waals surface area (Å²) in [6.07, 6.45) is 16.1. The monoisotopic (exact) mass is 1070 g/mol. The van der Waals surface area contributed by atoms with E-state index in [-0.39, 0.29) is 59.4 Å². The second-order valence-corrected chi connectivity index (χ2v) is 23.0. The normalized spacial score (nSPS) is 23.9. The first-order chi connectivity index (χ1) is 39.2. The molecule has 12 heteroatoms. The average Bonchev–Trinajstić information content (AvgIpc) is 4.42. The molecule has 2 N–H and O–H groups in total. The minimum absolute atomic E-state index is 0.0939. The molecule has 408 valence electrons. The Hall–Kier alpha value is -7.86. The highest BCUT2D eigenvalue weighted by Crippen LogP contribution is 2.56. The van der Waals surface area contributed by atoms with E-state index in [0.717, 1.165) is 181 Å². The Balaban J connectivity index is 1.19. The van der Waals surface area contributed by atoms with E-state index >= 15 is 0 Å². The summed E-state index contributed by atoms with van der Waals surface area (Å²) < 4.78 is 20.9. The highest BCUT2D eigenvalue weighted by Gasteiger charge is 2.49. The van der Waals surface area contributed by atoms with Gasteiger partial charge in [-0.2, -0.15) is 0 Å². The molecule has 1 saturated heterocycles. The topological polar surface area (TPSA) is 158 Å². The first-order valence-corrected chi connectivity index (χ1v) is 29.1. The molecule has 0 spiro atoms. The summed E-state index contributed by atoms with van der Waals surface area (Å²) in [4.78, 5) is 68.9. The summed E-state index contributed by atoms with van der Waals surface area (Å²) in [6.45, 7) is 0. The molecule has 8 bridgehead atoms. The molecule has 80 heavy (non-hydrogen) atoms. The molecular weight excluding hydrogens is 1000 g/mol. The molecule has 3 aliphatic heterocycles. The van der Waals surface area contributed by atoms with Crippen LogP contribution in [-0.2, 0) is 31.8 Å². The number of aromatic nitrogens is 1. The van der Waals surface area contributed by atoms with Crippen molar-refractivity contribution in [3.8, 4) is 0 Å². The number of aliphatic imine (C=N–C) groups is 2. The smallest absolute Gasteiger partial charge is 0.337 e. The Kier molecular flexibility index (Phi) is 13.7. The molecule has 1 aromatic heterocycles. The molecule has 4 heterocycles. The molecule has 5 aliphatic carbocycles. The number of carbonyl (C=O) groups is 4. The van der Waals surface area contributed by atoms with Crippen LogP contribution in [-0.4, -0.2) is 68.7 Å². The maximum Gasteiger partial charge on any atom is 0.337 e. The van der Waals surface area contributed by atoms with E-state index in [1.807, 2.05) is 48.5 Å². The minimum Gasteiger partial charge on any atom is -0.465 e. The van der Waals surface area contributed by atoms with Crippen LogP contribution in [0.2, 0.25) is 0 Å². The third-order valence-electron chi connectivity index (χ3n) is 19.0. The molecule has 6 atom stereocenters. The van der Waals surface area contributed by atoms with E-state index in [1.54, 1.807) is 0 Å². The Bertz CT molecular complexity index is 3320. The minimum atomic E-state index is -0.387. The van der Waals surface area contributed by atoms with Crippen molar-refractivity contribution in [1.82, 2.24) is 10.3 Å². The van der Waals surface area contributed by atoms with Crippen LogP contribution in [0.15, 0.2) is 130 Å². The van der Waals surface area contributed by atoms with Crippen molar-refractivity contribution in [1.29, 1.82) is 0 Å². The van der Waals surface area contributed by atoms with E-state index in [9.17, 15) is 19.2 Å². The van der Waals surface area contributed by atoms with Crippen LogP contribution in [0, 0.1) is 35.5 Å². The van der Waals surface area contributed by atoms with Gasteiger partial charge in [-0.15, -0.1) is 0 Å².